The lowest BCUT2D eigenvalue weighted by Crippen LogP contribution is -2.40. The number of rotatable bonds is 5. The standard InChI is InChI=1S/C20H29NO3/c1-14(17(22)24-6)13-21(5)18(23)20(11-12-20)16-9-7-15(8-10-16)19(2,3)4/h7-10,14H,11-13H2,1-6H3. The van der Waals surface area contributed by atoms with Crippen LogP contribution in [0.1, 0.15) is 51.7 Å². The molecule has 2 rings (SSSR count). The molecule has 0 bridgehead atoms. The Morgan fingerprint density at radius 3 is 2.17 bits per heavy atom. The van der Waals surface area contributed by atoms with Crippen LogP contribution in [-0.4, -0.2) is 37.5 Å². The molecule has 0 heterocycles. The highest BCUT2D eigenvalue weighted by atomic mass is 16.5. The predicted octanol–water partition coefficient (Wildman–Crippen LogP) is 3.28. The van der Waals surface area contributed by atoms with Gasteiger partial charge in [0.2, 0.25) is 5.91 Å². The van der Waals surface area contributed by atoms with Gasteiger partial charge in [-0.2, -0.15) is 0 Å². The van der Waals surface area contributed by atoms with Gasteiger partial charge in [-0.05, 0) is 29.4 Å². The van der Waals surface area contributed by atoms with Crippen molar-refractivity contribution in [2.24, 2.45) is 5.92 Å². The fourth-order valence-corrected chi connectivity index (χ4v) is 3.18. The van der Waals surface area contributed by atoms with Gasteiger partial charge in [0.15, 0.2) is 0 Å². The third kappa shape index (κ3) is 3.63. The Morgan fingerprint density at radius 1 is 1.21 bits per heavy atom. The van der Waals surface area contributed by atoms with E-state index < -0.39 is 5.41 Å². The number of amides is 1. The summed E-state index contributed by atoms with van der Waals surface area (Å²) in [5.74, 6) is -0.501. The topological polar surface area (TPSA) is 46.6 Å². The molecule has 4 heteroatoms. The molecule has 1 fully saturated rings. The second-order valence-corrected chi connectivity index (χ2v) is 8.02. The van der Waals surface area contributed by atoms with Gasteiger partial charge in [-0.3, -0.25) is 9.59 Å². The zero-order valence-electron chi connectivity index (χ0n) is 15.7. The average molecular weight is 331 g/mol. The van der Waals surface area contributed by atoms with E-state index in [9.17, 15) is 9.59 Å². The van der Waals surface area contributed by atoms with Gasteiger partial charge in [0.25, 0.3) is 0 Å². The molecular weight excluding hydrogens is 302 g/mol. The number of esters is 1. The van der Waals surface area contributed by atoms with Crippen molar-refractivity contribution >= 4 is 11.9 Å². The van der Waals surface area contributed by atoms with E-state index in [1.54, 1.807) is 18.9 Å². The molecule has 1 aliphatic carbocycles. The van der Waals surface area contributed by atoms with Crippen molar-refractivity contribution in [1.82, 2.24) is 4.90 Å². The van der Waals surface area contributed by atoms with E-state index >= 15 is 0 Å². The number of methoxy groups -OCH3 is 1. The Bertz CT molecular complexity index is 609. The first-order valence-corrected chi connectivity index (χ1v) is 8.56. The Kier molecular flexibility index (Phi) is 5.07. The number of hydrogen-bond acceptors (Lipinski definition) is 3. The fraction of sp³-hybridized carbons (Fsp3) is 0.600. The summed E-state index contributed by atoms with van der Waals surface area (Å²) in [6.07, 6.45) is 1.75. The Labute approximate surface area is 145 Å². The molecule has 4 nitrogen and oxygen atoms in total. The first kappa shape index (κ1) is 18.5. The number of ether oxygens (including phenoxy) is 1. The highest BCUT2D eigenvalue weighted by Crippen LogP contribution is 2.49. The number of nitrogens with zero attached hydrogens (tertiary/aromatic N) is 1. The molecule has 1 aliphatic rings. The third-order valence-electron chi connectivity index (χ3n) is 4.96. The monoisotopic (exact) mass is 331 g/mol. The summed E-state index contributed by atoms with van der Waals surface area (Å²) >= 11 is 0. The van der Waals surface area contributed by atoms with Gasteiger partial charge in [-0.1, -0.05) is 52.0 Å². The third-order valence-corrected chi connectivity index (χ3v) is 4.96. The van der Waals surface area contributed by atoms with Gasteiger partial charge in [0, 0.05) is 13.6 Å². The van der Waals surface area contributed by atoms with Crippen molar-refractivity contribution in [1.29, 1.82) is 0 Å². The maximum atomic E-state index is 12.9. The van der Waals surface area contributed by atoms with Crippen LogP contribution in [0.3, 0.4) is 0 Å². The van der Waals surface area contributed by atoms with E-state index in [4.69, 9.17) is 4.74 Å². The summed E-state index contributed by atoms with van der Waals surface area (Å²) in [7, 11) is 3.14. The van der Waals surface area contributed by atoms with Gasteiger partial charge in [0.05, 0.1) is 18.4 Å². The van der Waals surface area contributed by atoms with E-state index in [0.29, 0.717) is 6.54 Å². The zero-order valence-corrected chi connectivity index (χ0v) is 15.7. The zero-order chi connectivity index (χ0) is 18.1. The molecule has 1 atom stereocenters. The minimum atomic E-state index is -0.402. The van der Waals surface area contributed by atoms with Crippen LogP contribution in [0.15, 0.2) is 24.3 Å². The van der Waals surface area contributed by atoms with E-state index in [0.717, 1.165) is 18.4 Å². The van der Waals surface area contributed by atoms with Crippen LogP contribution in [0, 0.1) is 5.92 Å². The summed E-state index contributed by atoms with van der Waals surface area (Å²) in [5.41, 5.74) is 2.05. The number of carbonyl (C=O) groups is 2. The lowest BCUT2D eigenvalue weighted by Gasteiger charge is -2.26. The van der Waals surface area contributed by atoms with E-state index in [1.807, 2.05) is 0 Å². The molecular formula is C20H29NO3. The highest BCUT2D eigenvalue weighted by Gasteiger charge is 2.52. The van der Waals surface area contributed by atoms with Crippen molar-refractivity contribution in [2.45, 2.75) is 51.4 Å². The maximum Gasteiger partial charge on any atom is 0.310 e. The second kappa shape index (κ2) is 6.58. The van der Waals surface area contributed by atoms with Gasteiger partial charge in [-0.15, -0.1) is 0 Å². The van der Waals surface area contributed by atoms with Crippen LogP contribution in [0.25, 0.3) is 0 Å². The van der Waals surface area contributed by atoms with Crippen LogP contribution in [0.4, 0.5) is 0 Å². The summed E-state index contributed by atoms with van der Waals surface area (Å²) in [6, 6.07) is 8.42. The number of likely N-dealkylation sites (N-methyl/N-ethyl adjacent to an activating group) is 1. The van der Waals surface area contributed by atoms with Crippen molar-refractivity contribution in [3.05, 3.63) is 35.4 Å². The lowest BCUT2D eigenvalue weighted by molar-refractivity contribution is -0.146. The van der Waals surface area contributed by atoms with Gasteiger partial charge in [0.1, 0.15) is 0 Å². The van der Waals surface area contributed by atoms with Crippen molar-refractivity contribution < 1.29 is 14.3 Å². The molecule has 24 heavy (non-hydrogen) atoms. The molecule has 0 aromatic heterocycles. The molecule has 132 valence electrons. The highest BCUT2D eigenvalue weighted by molar-refractivity contribution is 5.91. The molecule has 1 saturated carbocycles. The average Bonchev–Trinajstić information content (AvgIpc) is 3.34. The Morgan fingerprint density at radius 2 is 1.75 bits per heavy atom. The van der Waals surface area contributed by atoms with Gasteiger partial charge < -0.3 is 9.64 Å². The van der Waals surface area contributed by atoms with E-state index in [2.05, 4.69) is 45.0 Å². The maximum absolute atomic E-state index is 12.9. The molecule has 1 aromatic carbocycles. The molecule has 0 aliphatic heterocycles. The SMILES string of the molecule is COC(=O)C(C)CN(C)C(=O)C1(c2ccc(C(C)(C)C)cc2)CC1. The molecule has 0 spiro atoms. The summed E-state index contributed by atoms with van der Waals surface area (Å²) in [5, 5.41) is 0. The molecule has 1 amide bonds. The van der Waals surface area contributed by atoms with Crippen LogP contribution in [0.2, 0.25) is 0 Å². The minimum absolute atomic E-state index is 0.0989. The largest absolute Gasteiger partial charge is 0.469 e. The van der Waals surface area contributed by atoms with E-state index in [-0.39, 0.29) is 23.2 Å². The smallest absolute Gasteiger partial charge is 0.310 e. The summed E-state index contributed by atoms with van der Waals surface area (Å²) in [6.45, 7) is 8.72. The molecule has 0 N–H and O–H groups in total. The minimum Gasteiger partial charge on any atom is -0.469 e. The molecule has 0 saturated heterocycles. The number of carbonyl (C=O) groups excluding carboxylic acids is 2. The molecule has 1 aromatic rings. The van der Waals surface area contributed by atoms with Crippen LogP contribution in [0.5, 0.6) is 0 Å². The Hall–Kier alpha value is -1.84. The normalized spacial score (nSPS) is 17.1. The van der Waals surface area contributed by atoms with E-state index in [1.165, 1.54) is 12.7 Å². The second-order valence-electron chi connectivity index (χ2n) is 8.02. The fourth-order valence-electron chi connectivity index (χ4n) is 3.18. The number of benzene rings is 1. The summed E-state index contributed by atoms with van der Waals surface area (Å²) < 4.78 is 4.75. The first-order chi connectivity index (χ1) is 11.1. The van der Waals surface area contributed by atoms with Crippen molar-refractivity contribution in [2.75, 3.05) is 20.7 Å². The van der Waals surface area contributed by atoms with Crippen LogP contribution in [-0.2, 0) is 25.2 Å². The molecule has 0 radical (unpaired) electrons. The van der Waals surface area contributed by atoms with Crippen molar-refractivity contribution in [3.8, 4) is 0 Å². The van der Waals surface area contributed by atoms with Crippen molar-refractivity contribution in [3.63, 3.8) is 0 Å². The molecule has 1 unspecified atom stereocenters. The first-order valence-electron chi connectivity index (χ1n) is 8.56. The quantitative estimate of drug-likeness (QED) is 0.778. The van der Waals surface area contributed by atoms with Crippen LogP contribution >= 0.6 is 0 Å². The van der Waals surface area contributed by atoms with Gasteiger partial charge in [-0.25, -0.2) is 0 Å². The number of hydrogen-bond donors (Lipinski definition) is 0. The predicted molar refractivity (Wildman–Crippen MR) is 94.9 cm³/mol. The lowest BCUT2D eigenvalue weighted by atomic mass is 9.84. The van der Waals surface area contributed by atoms with Gasteiger partial charge >= 0.3 is 5.97 Å². The summed E-state index contributed by atoms with van der Waals surface area (Å²) in [4.78, 5) is 26.2. The van der Waals surface area contributed by atoms with Crippen LogP contribution < -0.4 is 0 Å². The Balaban J connectivity index is 2.12.